The molecule has 0 bridgehead atoms. The number of ether oxygens (including phenoxy) is 2. The molecule has 0 saturated heterocycles. The number of fused-ring (bicyclic) bond motifs is 5. The van der Waals surface area contributed by atoms with Crippen LogP contribution in [0.5, 0.6) is 11.5 Å². The highest BCUT2D eigenvalue weighted by molar-refractivity contribution is 6.00. The number of benzene rings is 1. The fourth-order valence-corrected chi connectivity index (χ4v) is 7.61. The molecule has 0 unspecified atom stereocenters. The largest absolute Gasteiger partial charge is 0.508 e. The van der Waals surface area contributed by atoms with Crippen LogP contribution in [-0.2, 0) is 22.5 Å². The van der Waals surface area contributed by atoms with Crippen LogP contribution < -0.4 is 10.1 Å². The van der Waals surface area contributed by atoms with Crippen molar-refractivity contribution in [2.45, 2.75) is 84.7 Å². The lowest BCUT2D eigenvalue weighted by molar-refractivity contribution is -0.245. The summed E-state index contributed by atoms with van der Waals surface area (Å²) in [5.74, 6) is 0.440. The lowest BCUT2D eigenvalue weighted by Crippen LogP contribution is -2.69. The topological polar surface area (TPSA) is 105 Å². The molecule has 3 N–H and O–H groups in total. The Bertz CT molecular complexity index is 1020. The van der Waals surface area contributed by atoms with Crippen LogP contribution in [0.25, 0.3) is 0 Å². The van der Waals surface area contributed by atoms with Gasteiger partial charge in [-0.25, -0.2) is 0 Å². The minimum Gasteiger partial charge on any atom is -0.508 e. The maximum absolute atomic E-state index is 12.3. The van der Waals surface area contributed by atoms with E-state index in [1.165, 1.54) is 6.92 Å². The number of rotatable bonds is 1. The van der Waals surface area contributed by atoms with E-state index in [4.69, 9.17) is 9.47 Å². The lowest BCUT2D eigenvalue weighted by Gasteiger charge is -2.65. The number of carbonyl (C=O) groups is 2. The highest BCUT2D eigenvalue weighted by atomic mass is 16.6. The zero-order valence-corrected chi connectivity index (χ0v) is 19.4. The van der Waals surface area contributed by atoms with E-state index < -0.39 is 34.6 Å². The number of aromatic hydroxyl groups is 1. The molecule has 2 saturated carbocycles. The summed E-state index contributed by atoms with van der Waals surface area (Å²) in [6.07, 6.45) is 1.50. The van der Waals surface area contributed by atoms with Crippen molar-refractivity contribution in [3.05, 3.63) is 22.8 Å². The highest BCUT2D eigenvalue weighted by Crippen LogP contribution is 2.67. The summed E-state index contributed by atoms with van der Waals surface area (Å²) in [6, 6.07) is 1.56. The van der Waals surface area contributed by atoms with Gasteiger partial charge in [-0.3, -0.25) is 9.59 Å². The third-order valence-corrected chi connectivity index (χ3v) is 9.23. The number of hydrogen-bond donors (Lipinski definition) is 3. The van der Waals surface area contributed by atoms with Crippen LogP contribution in [0.1, 0.15) is 75.4 Å². The van der Waals surface area contributed by atoms with Crippen LogP contribution in [0.15, 0.2) is 6.07 Å². The van der Waals surface area contributed by atoms with E-state index in [1.807, 2.05) is 0 Å². The van der Waals surface area contributed by atoms with E-state index in [0.29, 0.717) is 30.7 Å². The molecule has 1 amide bonds. The van der Waals surface area contributed by atoms with Gasteiger partial charge in [-0.05, 0) is 42.6 Å². The monoisotopic (exact) mass is 443 g/mol. The molecule has 2 aliphatic heterocycles. The van der Waals surface area contributed by atoms with Crippen LogP contribution in [0, 0.1) is 22.7 Å². The molecule has 0 aromatic heterocycles. The predicted molar refractivity (Wildman–Crippen MR) is 116 cm³/mol. The average molecular weight is 444 g/mol. The van der Waals surface area contributed by atoms with Gasteiger partial charge in [0.2, 0.25) is 0 Å². The van der Waals surface area contributed by atoms with Gasteiger partial charge in [0.1, 0.15) is 23.2 Å². The summed E-state index contributed by atoms with van der Waals surface area (Å²) >= 11 is 0. The van der Waals surface area contributed by atoms with E-state index >= 15 is 0 Å². The van der Waals surface area contributed by atoms with Gasteiger partial charge in [0.25, 0.3) is 5.91 Å². The SMILES string of the molecule is CC(=O)O[C@H]1C[C@]2(C)[C@H](CC[C@H](C)[C@@]23Cc2c(O)cc4c(c2O3)CNC4=O)C(C)(C)[C@H]1O. The summed E-state index contributed by atoms with van der Waals surface area (Å²) < 4.78 is 12.5. The molecule has 4 aliphatic rings. The first-order chi connectivity index (χ1) is 14.9. The van der Waals surface area contributed by atoms with Gasteiger partial charge in [0, 0.05) is 36.4 Å². The average Bonchev–Trinajstić information content (AvgIpc) is 3.27. The van der Waals surface area contributed by atoms with Crippen LogP contribution in [0.2, 0.25) is 0 Å². The molecule has 5 rings (SSSR count). The summed E-state index contributed by atoms with van der Waals surface area (Å²) in [4.78, 5) is 24.1. The Kier molecular flexibility index (Phi) is 4.46. The Morgan fingerprint density at radius 1 is 1.25 bits per heavy atom. The number of esters is 1. The van der Waals surface area contributed by atoms with Crippen LogP contribution in [-0.4, -0.2) is 39.9 Å². The van der Waals surface area contributed by atoms with Gasteiger partial charge in [-0.2, -0.15) is 0 Å². The van der Waals surface area contributed by atoms with E-state index in [-0.39, 0.29) is 23.5 Å². The highest BCUT2D eigenvalue weighted by Gasteiger charge is 2.69. The van der Waals surface area contributed by atoms with E-state index in [1.54, 1.807) is 6.07 Å². The second kappa shape index (κ2) is 6.62. The second-order valence-electron chi connectivity index (χ2n) is 11.1. The maximum atomic E-state index is 12.3. The molecule has 174 valence electrons. The van der Waals surface area contributed by atoms with Crippen LogP contribution in [0.4, 0.5) is 0 Å². The molecule has 2 aliphatic carbocycles. The number of nitrogens with one attached hydrogen (secondary N) is 1. The Labute approximate surface area is 188 Å². The molecule has 7 nitrogen and oxygen atoms in total. The molecule has 1 aromatic carbocycles. The van der Waals surface area contributed by atoms with Crippen LogP contribution >= 0.6 is 0 Å². The van der Waals surface area contributed by atoms with Crippen molar-refractivity contribution >= 4 is 11.9 Å². The molecular weight excluding hydrogens is 410 g/mol. The van der Waals surface area contributed by atoms with Crippen molar-refractivity contribution in [1.82, 2.24) is 5.32 Å². The summed E-state index contributed by atoms with van der Waals surface area (Å²) in [6.45, 7) is 10.3. The van der Waals surface area contributed by atoms with Crippen molar-refractivity contribution in [3.8, 4) is 11.5 Å². The van der Waals surface area contributed by atoms with Crippen molar-refractivity contribution in [1.29, 1.82) is 0 Å². The summed E-state index contributed by atoms with van der Waals surface area (Å²) in [7, 11) is 0. The fraction of sp³-hybridized carbons (Fsp3) is 0.680. The molecule has 2 fully saturated rings. The summed E-state index contributed by atoms with van der Waals surface area (Å²) in [5.41, 5.74) is 0.500. The number of aliphatic hydroxyl groups is 1. The standard InChI is InChI=1S/C25H33NO6/c1-12-6-7-19-23(3,4)21(29)18(31-13(2)27)10-24(19,5)25(12)9-15-17(28)8-14-16(20(15)32-25)11-26-22(14)30/h8,12,18-19,21,28-29H,6-7,9-11H2,1-5H3,(H,26,30)/t12-,18-,19+,21-,24+,25-/m0/s1. The number of carbonyl (C=O) groups excluding carboxylic acids is 2. The molecule has 1 aromatic rings. The minimum absolute atomic E-state index is 0.0947. The Balaban J connectivity index is 1.64. The number of aliphatic hydroxyl groups excluding tert-OH is 1. The first-order valence-corrected chi connectivity index (χ1v) is 11.6. The molecule has 6 atom stereocenters. The lowest BCUT2D eigenvalue weighted by atomic mass is 9.43. The number of hydrogen-bond acceptors (Lipinski definition) is 6. The van der Waals surface area contributed by atoms with Crippen molar-refractivity contribution in [2.75, 3.05) is 0 Å². The van der Waals surface area contributed by atoms with Gasteiger partial charge in [0.05, 0.1) is 11.7 Å². The molecular formula is C25H33NO6. The second-order valence-corrected chi connectivity index (χ2v) is 11.1. The number of amides is 1. The zero-order valence-electron chi connectivity index (χ0n) is 19.4. The minimum atomic E-state index is -0.766. The maximum Gasteiger partial charge on any atom is 0.302 e. The van der Waals surface area contributed by atoms with E-state index in [9.17, 15) is 19.8 Å². The van der Waals surface area contributed by atoms with Gasteiger partial charge in [-0.15, -0.1) is 0 Å². The zero-order chi connectivity index (χ0) is 23.2. The van der Waals surface area contributed by atoms with E-state index in [0.717, 1.165) is 24.0 Å². The van der Waals surface area contributed by atoms with Gasteiger partial charge >= 0.3 is 5.97 Å². The third kappa shape index (κ3) is 2.57. The Hall–Kier alpha value is -2.28. The molecule has 0 radical (unpaired) electrons. The smallest absolute Gasteiger partial charge is 0.302 e. The Morgan fingerprint density at radius 2 is 1.97 bits per heavy atom. The Morgan fingerprint density at radius 3 is 2.66 bits per heavy atom. The molecule has 32 heavy (non-hydrogen) atoms. The van der Waals surface area contributed by atoms with Gasteiger partial charge in [0.15, 0.2) is 0 Å². The van der Waals surface area contributed by atoms with Gasteiger partial charge in [-0.1, -0.05) is 27.7 Å². The van der Waals surface area contributed by atoms with E-state index in [2.05, 4.69) is 33.0 Å². The molecule has 7 heteroatoms. The number of phenols is 1. The van der Waals surface area contributed by atoms with Crippen molar-refractivity contribution < 1.29 is 29.3 Å². The van der Waals surface area contributed by atoms with Crippen LogP contribution in [0.3, 0.4) is 0 Å². The van der Waals surface area contributed by atoms with Gasteiger partial charge < -0.3 is 25.0 Å². The predicted octanol–water partition coefficient (Wildman–Crippen LogP) is 3.08. The number of phenolic OH excluding ortho intramolecular Hbond substituents is 1. The third-order valence-electron chi connectivity index (χ3n) is 9.23. The first kappa shape index (κ1) is 21.6. The normalized spacial score (nSPS) is 39.0. The first-order valence-electron chi connectivity index (χ1n) is 11.6. The summed E-state index contributed by atoms with van der Waals surface area (Å²) in [5, 5.41) is 24.8. The quantitative estimate of drug-likeness (QED) is 0.576. The van der Waals surface area contributed by atoms with Crippen molar-refractivity contribution in [3.63, 3.8) is 0 Å². The van der Waals surface area contributed by atoms with Crippen molar-refractivity contribution in [2.24, 2.45) is 22.7 Å². The molecule has 2 heterocycles. The fourth-order valence-electron chi connectivity index (χ4n) is 7.61. The molecule has 1 spiro atoms.